The van der Waals surface area contributed by atoms with Crippen LogP contribution < -0.4 is 5.73 Å². The quantitative estimate of drug-likeness (QED) is 0.919. The van der Waals surface area contributed by atoms with Crippen LogP contribution in [-0.4, -0.2) is 22.5 Å². The molecule has 1 aliphatic carbocycles. The molecule has 0 spiro atoms. The Labute approximate surface area is 130 Å². The van der Waals surface area contributed by atoms with Crippen molar-refractivity contribution < 1.29 is 0 Å². The number of rotatable bonds is 5. The minimum atomic E-state index is 0.642. The van der Waals surface area contributed by atoms with Crippen molar-refractivity contribution in [3.63, 3.8) is 0 Å². The monoisotopic (exact) mass is 301 g/mol. The van der Waals surface area contributed by atoms with Gasteiger partial charge in [0.05, 0.1) is 0 Å². The lowest BCUT2D eigenvalue weighted by atomic mass is 9.87. The van der Waals surface area contributed by atoms with Gasteiger partial charge in [-0.2, -0.15) is 0 Å². The van der Waals surface area contributed by atoms with Crippen molar-refractivity contribution in [3.05, 3.63) is 46.5 Å². The molecular weight excluding hydrogens is 278 g/mol. The van der Waals surface area contributed by atoms with Gasteiger partial charge in [-0.1, -0.05) is 31.2 Å². The van der Waals surface area contributed by atoms with Gasteiger partial charge in [-0.25, -0.2) is 4.98 Å². The third-order valence-corrected chi connectivity index (χ3v) is 5.09. The van der Waals surface area contributed by atoms with Crippen molar-refractivity contribution >= 4 is 16.5 Å². The van der Waals surface area contributed by atoms with Crippen molar-refractivity contribution in [2.24, 2.45) is 0 Å². The van der Waals surface area contributed by atoms with Gasteiger partial charge in [-0.05, 0) is 43.4 Å². The van der Waals surface area contributed by atoms with Gasteiger partial charge in [-0.3, -0.25) is 4.90 Å². The number of aromatic nitrogens is 1. The van der Waals surface area contributed by atoms with E-state index >= 15 is 0 Å². The van der Waals surface area contributed by atoms with Crippen molar-refractivity contribution in [3.8, 4) is 0 Å². The van der Waals surface area contributed by atoms with Crippen LogP contribution in [0, 0.1) is 0 Å². The topological polar surface area (TPSA) is 42.2 Å². The zero-order valence-corrected chi connectivity index (χ0v) is 13.4. The largest absolute Gasteiger partial charge is 0.375 e. The van der Waals surface area contributed by atoms with E-state index in [2.05, 4.69) is 41.1 Å². The number of hydrogen-bond donors (Lipinski definition) is 1. The van der Waals surface area contributed by atoms with Gasteiger partial charge in [0.15, 0.2) is 5.13 Å². The van der Waals surface area contributed by atoms with Gasteiger partial charge in [0, 0.05) is 23.7 Å². The highest BCUT2D eigenvalue weighted by Crippen LogP contribution is 2.27. The van der Waals surface area contributed by atoms with Crippen molar-refractivity contribution in [2.45, 2.75) is 45.2 Å². The molecule has 112 valence electrons. The second kappa shape index (κ2) is 6.58. The van der Waals surface area contributed by atoms with Gasteiger partial charge in [0.1, 0.15) is 0 Å². The number of nitrogens with zero attached hydrogens (tertiary/aromatic N) is 2. The number of nitrogens with two attached hydrogens (primary N) is 1. The molecule has 1 aromatic heterocycles. The number of hydrogen-bond acceptors (Lipinski definition) is 4. The maximum absolute atomic E-state index is 5.76. The van der Waals surface area contributed by atoms with Crippen LogP contribution in [0.3, 0.4) is 0 Å². The number of nitrogen functional groups attached to an aromatic ring is 1. The molecule has 1 atom stereocenters. The lowest BCUT2D eigenvalue weighted by Gasteiger charge is -2.34. The van der Waals surface area contributed by atoms with Gasteiger partial charge in [0.2, 0.25) is 0 Å². The predicted molar refractivity (Wildman–Crippen MR) is 89.5 cm³/mol. The third kappa shape index (κ3) is 3.44. The summed E-state index contributed by atoms with van der Waals surface area (Å²) >= 11 is 1.62. The minimum absolute atomic E-state index is 0.642. The molecule has 0 amide bonds. The molecule has 0 saturated heterocycles. The number of anilines is 1. The van der Waals surface area contributed by atoms with E-state index in [1.165, 1.54) is 41.7 Å². The maximum atomic E-state index is 5.76. The van der Waals surface area contributed by atoms with Crippen LogP contribution >= 0.6 is 11.3 Å². The molecule has 0 fully saturated rings. The van der Waals surface area contributed by atoms with Crippen molar-refractivity contribution in [1.29, 1.82) is 0 Å². The van der Waals surface area contributed by atoms with E-state index in [1.54, 1.807) is 11.3 Å². The van der Waals surface area contributed by atoms with E-state index in [4.69, 9.17) is 5.73 Å². The molecule has 2 aromatic rings. The Morgan fingerprint density at radius 2 is 2.14 bits per heavy atom. The summed E-state index contributed by atoms with van der Waals surface area (Å²) in [7, 11) is 0. The highest BCUT2D eigenvalue weighted by molar-refractivity contribution is 7.15. The van der Waals surface area contributed by atoms with Crippen LogP contribution in [0.4, 0.5) is 5.13 Å². The average molecular weight is 301 g/mol. The molecular formula is C17H23N3S. The molecule has 1 heterocycles. The zero-order valence-electron chi connectivity index (χ0n) is 12.6. The van der Waals surface area contributed by atoms with Gasteiger partial charge < -0.3 is 5.73 Å². The fourth-order valence-corrected chi connectivity index (χ4v) is 3.97. The van der Waals surface area contributed by atoms with Crippen LogP contribution in [-0.2, 0) is 19.4 Å². The lowest BCUT2D eigenvalue weighted by molar-refractivity contribution is 0.172. The Hall–Kier alpha value is -1.39. The summed E-state index contributed by atoms with van der Waals surface area (Å²) in [5, 5.41) is 0.676. The van der Waals surface area contributed by atoms with E-state index in [0.29, 0.717) is 11.2 Å². The fourth-order valence-electron chi connectivity index (χ4n) is 3.26. The van der Waals surface area contributed by atoms with Crippen LogP contribution in [0.15, 0.2) is 30.5 Å². The number of aryl methyl sites for hydroxylation is 1. The van der Waals surface area contributed by atoms with Crippen LogP contribution in [0.5, 0.6) is 0 Å². The smallest absolute Gasteiger partial charge is 0.180 e. The summed E-state index contributed by atoms with van der Waals surface area (Å²) < 4.78 is 0. The Morgan fingerprint density at radius 3 is 2.86 bits per heavy atom. The Morgan fingerprint density at radius 1 is 1.33 bits per heavy atom. The average Bonchev–Trinajstić information content (AvgIpc) is 2.91. The molecule has 3 rings (SSSR count). The Bertz CT molecular complexity index is 593. The van der Waals surface area contributed by atoms with E-state index < -0.39 is 0 Å². The Balaban J connectivity index is 1.72. The molecule has 1 aromatic carbocycles. The first-order valence-corrected chi connectivity index (χ1v) is 8.59. The van der Waals surface area contributed by atoms with Gasteiger partial charge >= 0.3 is 0 Å². The molecule has 21 heavy (non-hydrogen) atoms. The lowest BCUT2D eigenvalue weighted by Crippen LogP contribution is -2.39. The van der Waals surface area contributed by atoms with Crippen LogP contribution in [0.25, 0.3) is 0 Å². The Kier molecular flexibility index (Phi) is 4.56. The maximum Gasteiger partial charge on any atom is 0.180 e. The van der Waals surface area contributed by atoms with Gasteiger partial charge in [0.25, 0.3) is 0 Å². The predicted octanol–water partition coefficient (Wildman–Crippen LogP) is 3.49. The normalized spacial score (nSPS) is 17.9. The third-order valence-electron chi connectivity index (χ3n) is 4.28. The molecule has 1 unspecified atom stereocenters. The zero-order chi connectivity index (χ0) is 14.7. The SMILES string of the molecule is CCCN(Cc1cnc(N)s1)C1CCc2ccccc2C1. The fraction of sp³-hybridized carbons (Fsp3) is 0.471. The van der Waals surface area contributed by atoms with E-state index in [9.17, 15) is 0 Å². The highest BCUT2D eigenvalue weighted by Gasteiger charge is 2.24. The summed E-state index contributed by atoms with van der Waals surface area (Å²) in [5.41, 5.74) is 8.82. The van der Waals surface area contributed by atoms with Gasteiger partial charge in [-0.15, -0.1) is 11.3 Å². The van der Waals surface area contributed by atoms with Crippen LogP contribution in [0.1, 0.15) is 35.8 Å². The molecule has 2 N–H and O–H groups in total. The van der Waals surface area contributed by atoms with E-state index in [0.717, 1.165) is 13.1 Å². The first kappa shape index (κ1) is 14.5. The summed E-state index contributed by atoms with van der Waals surface area (Å²) in [4.78, 5) is 8.07. The molecule has 0 saturated carbocycles. The second-order valence-corrected chi connectivity index (χ2v) is 6.95. The summed E-state index contributed by atoms with van der Waals surface area (Å²) in [6.07, 6.45) is 6.74. The molecule has 0 bridgehead atoms. The number of benzene rings is 1. The molecule has 0 radical (unpaired) electrons. The number of thiazole rings is 1. The molecule has 1 aliphatic rings. The van der Waals surface area contributed by atoms with Crippen molar-refractivity contribution in [2.75, 3.05) is 12.3 Å². The molecule has 0 aliphatic heterocycles. The summed E-state index contributed by atoms with van der Waals surface area (Å²) in [5.74, 6) is 0. The van der Waals surface area contributed by atoms with E-state index in [-0.39, 0.29) is 0 Å². The van der Waals surface area contributed by atoms with E-state index in [1.807, 2.05) is 6.20 Å². The second-order valence-electron chi connectivity index (χ2n) is 5.80. The molecule has 4 heteroatoms. The standard InChI is InChI=1S/C17H23N3S/c1-2-9-20(12-16-11-19-17(18)21-16)15-8-7-13-5-3-4-6-14(13)10-15/h3-6,11,15H,2,7-10,12H2,1H3,(H2,18,19). The minimum Gasteiger partial charge on any atom is -0.375 e. The summed E-state index contributed by atoms with van der Waals surface area (Å²) in [6.45, 7) is 4.38. The summed E-state index contributed by atoms with van der Waals surface area (Å²) in [6, 6.07) is 9.52. The first-order chi connectivity index (χ1) is 10.3. The van der Waals surface area contributed by atoms with Crippen LogP contribution in [0.2, 0.25) is 0 Å². The first-order valence-electron chi connectivity index (χ1n) is 7.77. The number of fused-ring (bicyclic) bond motifs is 1. The highest BCUT2D eigenvalue weighted by atomic mass is 32.1. The molecule has 3 nitrogen and oxygen atoms in total. The van der Waals surface area contributed by atoms with Crippen molar-refractivity contribution in [1.82, 2.24) is 9.88 Å².